The topological polar surface area (TPSA) is 65.8 Å². The molecule has 1 amide bonds. The van der Waals surface area contributed by atoms with Crippen LogP contribution in [-0.2, 0) is 5.66 Å². The Hall–Kier alpha value is -1.96. The van der Waals surface area contributed by atoms with E-state index in [1.54, 1.807) is 0 Å². The Kier molecular flexibility index (Phi) is 3.51. The first kappa shape index (κ1) is 14.4. The average Bonchev–Trinajstić information content (AvgIpc) is 3.17. The number of nitrogens with one attached hydrogen (secondary N) is 2. The zero-order valence-corrected chi connectivity index (χ0v) is 10.8. The third-order valence-corrected chi connectivity index (χ3v) is 2.72. The second-order valence-electron chi connectivity index (χ2n) is 4.70. The molecule has 0 saturated heterocycles. The van der Waals surface area contributed by atoms with Crippen molar-refractivity contribution in [2.24, 2.45) is 10.2 Å². The maximum atomic E-state index is 12.8. The molecular weight excluding hydrogens is 273 g/mol. The van der Waals surface area contributed by atoms with E-state index < -0.39 is 17.7 Å². The highest BCUT2D eigenvalue weighted by molar-refractivity contribution is 5.93. The molecule has 0 fully saturated rings. The van der Waals surface area contributed by atoms with E-state index in [0.29, 0.717) is 0 Å². The molecule has 108 valence electrons. The van der Waals surface area contributed by atoms with E-state index in [9.17, 15) is 18.0 Å². The largest absolute Gasteiger partial charge is 0.442 e. The molecule has 0 atom stereocenters. The third-order valence-electron chi connectivity index (χ3n) is 2.72. The first-order valence-electron chi connectivity index (χ1n) is 5.93. The summed E-state index contributed by atoms with van der Waals surface area (Å²) >= 11 is 0. The van der Waals surface area contributed by atoms with Crippen molar-refractivity contribution in [1.29, 1.82) is 0 Å². The molecule has 5 nitrogen and oxygen atoms in total. The van der Waals surface area contributed by atoms with Gasteiger partial charge in [-0.3, -0.25) is 10.2 Å². The van der Waals surface area contributed by atoms with Crippen LogP contribution in [0.15, 0.2) is 34.5 Å². The fraction of sp³-hybridized carbons (Fsp3) is 0.417. The molecule has 0 radical (unpaired) electrons. The number of carbonyl (C=O) groups is 1. The summed E-state index contributed by atoms with van der Waals surface area (Å²) in [5, 5.41) is 6.19. The molecule has 1 aliphatic heterocycles. The molecule has 1 aliphatic rings. The van der Waals surface area contributed by atoms with Crippen LogP contribution in [0.1, 0.15) is 29.8 Å². The van der Waals surface area contributed by atoms with Gasteiger partial charge in [0.2, 0.25) is 0 Å². The Morgan fingerprint density at radius 1 is 1.20 bits per heavy atom. The number of hydrogen-bond acceptors (Lipinski definition) is 4. The van der Waals surface area contributed by atoms with Crippen molar-refractivity contribution in [1.82, 2.24) is 10.9 Å². The van der Waals surface area contributed by atoms with Crippen molar-refractivity contribution in [2.75, 3.05) is 0 Å². The van der Waals surface area contributed by atoms with Crippen LogP contribution in [0, 0.1) is 0 Å². The van der Waals surface area contributed by atoms with E-state index in [0.717, 1.165) is 0 Å². The number of alkyl halides is 3. The van der Waals surface area contributed by atoms with Gasteiger partial charge in [-0.05, 0) is 26.0 Å². The van der Waals surface area contributed by atoms with Crippen molar-refractivity contribution in [3.05, 3.63) is 35.4 Å². The first-order valence-corrected chi connectivity index (χ1v) is 5.93. The smallest absolute Gasteiger partial charge is 0.287 e. The molecular formula is C12H13F3N4O. The summed E-state index contributed by atoms with van der Waals surface area (Å²) in [6.45, 7) is 3.68. The van der Waals surface area contributed by atoms with Crippen LogP contribution < -0.4 is 10.9 Å². The second-order valence-corrected chi connectivity index (χ2v) is 4.70. The van der Waals surface area contributed by atoms with E-state index in [2.05, 4.69) is 21.1 Å². The highest BCUT2D eigenvalue weighted by Crippen LogP contribution is 2.52. The van der Waals surface area contributed by atoms with E-state index in [-0.39, 0.29) is 17.2 Å². The molecule has 0 bridgehead atoms. The van der Waals surface area contributed by atoms with Gasteiger partial charge in [0.05, 0.1) is 0 Å². The van der Waals surface area contributed by atoms with Crippen LogP contribution in [-0.4, -0.2) is 18.1 Å². The van der Waals surface area contributed by atoms with Crippen LogP contribution in [0.4, 0.5) is 13.2 Å². The number of rotatable bonds is 4. The number of halogens is 3. The molecule has 8 heteroatoms. The van der Waals surface area contributed by atoms with Crippen LogP contribution in [0.3, 0.4) is 0 Å². The lowest BCUT2D eigenvalue weighted by molar-refractivity contribution is -0.166. The summed E-state index contributed by atoms with van der Waals surface area (Å²) < 4.78 is 38.3. The number of amides is 1. The van der Waals surface area contributed by atoms with Crippen molar-refractivity contribution in [3.63, 3.8) is 0 Å². The fourth-order valence-corrected chi connectivity index (χ4v) is 1.58. The van der Waals surface area contributed by atoms with Gasteiger partial charge in [0, 0.05) is 17.2 Å². The van der Waals surface area contributed by atoms with Gasteiger partial charge in [-0.15, -0.1) is 10.2 Å². The first-order chi connectivity index (χ1) is 9.26. The number of carbonyl (C=O) groups excluding carboxylic acids is 1. The summed E-state index contributed by atoms with van der Waals surface area (Å²) in [5.41, 5.74) is 2.86. The number of hydrazine groups is 1. The molecule has 0 aliphatic carbocycles. The molecule has 1 aromatic carbocycles. The summed E-state index contributed by atoms with van der Waals surface area (Å²) in [6.07, 6.45) is -4.56. The Morgan fingerprint density at radius 3 is 2.15 bits per heavy atom. The Bertz CT molecular complexity index is 531. The van der Waals surface area contributed by atoms with Gasteiger partial charge in [0.1, 0.15) is 0 Å². The highest BCUT2D eigenvalue weighted by atomic mass is 19.4. The van der Waals surface area contributed by atoms with Gasteiger partial charge in [-0.2, -0.15) is 13.2 Å². The van der Waals surface area contributed by atoms with Gasteiger partial charge in [0.25, 0.3) is 5.91 Å². The van der Waals surface area contributed by atoms with Crippen molar-refractivity contribution in [3.8, 4) is 0 Å². The zero-order valence-electron chi connectivity index (χ0n) is 10.8. The molecule has 0 spiro atoms. The van der Waals surface area contributed by atoms with Gasteiger partial charge in [0.15, 0.2) is 0 Å². The van der Waals surface area contributed by atoms with Crippen LogP contribution >= 0.6 is 0 Å². The molecule has 2 rings (SSSR count). The Balaban J connectivity index is 2.10. The minimum atomic E-state index is -4.56. The second kappa shape index (κ2) is 4.86. The summed E-state index contributed by atoms with van der Waals surface area (Å²) in [7, 11) is 0. The van der Waals surface area contributed by atoms with Crippen molar-refractivity contribution < 1.29 is 18.0 Å². The predicted molar refractivity (Wildman–Crippen MR) is 64.8 cm³/mol. The van der Waals surface area contributed by atoms with E-state index in [1.165, 1.54) is 24.3 Å². The maximum absolute atomic E-state index is 12.8. The normalized spacial score (nSPS) is 16.3. The van der Waals surface area contributed by atoms with Gasteiger partial charge < -0.3 is 0 Å². The standard InChI is InChI=1S/C12H13F3N4O/c1-7(2)16-17-10(20)8-3-5-9(6-4-8)11(18-19-11)12(13,14)15/h3-7,16H,1-2H3,(H,17,20). The number of nitrogens with zero attached hydrogens (tertiary/aromatic N) is 2. The molecule has 0 saturated carbocycles. The van der Waals surface area contributed by atoms with Gasteiger partial charge >= 0.3 is 11.8 Å². The Morgan fingerprint density at radius 2 is 1.75 bits per heavy atom. The lowest BCUT2D eigenvalue weighted by Crippen LogP contribution is -2.41. The van der Waals surface area contributed by atoms with Crippen LogP contribution in [0.2, 0.25) is 0 Å². The lowest BCUT2D eigenvalue weighted by Gasteiger charge is -2.15. The SMILES string of the molecule is CC(C)NNC(=O)c1ccc(C2(C(F)(F)F)N=N2)cc1. The highest BCUT2D eigenvalue weighted by Gasteiger charge is 2.65. The molecule has 1 heterocycles. The average molecular weight is 286 g/mol. The van der Waals surface area contributed by atoms with Gasteiger partial charge in [-0.1, -0.05) is 12.1 Å². The van der Waals surface area contributed by atoms with E-state index in [1.807, 2.05) is 13.8 Å². The van der Waals surface area contributed by atoms with Gasteiger partial charge in [-0.25, -0.2) is 5.43 Å². The van der Waals surface area contributed by atoms with E-state index >= 15 is 0 Å². The Labute approximate surface area is 113 Å². The molecule has 1 aromatic rings. The van der Waals surface area contributed by atoms with E-state index in [4.69, 9.17) is 0 Å². The lowest BCUT2D eigenvalue weighted by atomic mass is 10.0. The van der Waals surface area contributed by atoms with Crippen molar-refractivity contribution in [2.45, 2.75) is 31.7 Å². The molecule has 2 N–H and O–H groups in total. The van der Waals surface area contributed by atoms with Crippen molar-refractivity contribution >= 4 is 5.91 Å². The summed E-state index contributed by atoms with van der Waals surface area (Å²) in [6, 6.07) is 5.08. The number of benzene rings is 1. The predicted octanol–water partition coefficient (Wildman–Crippen LogP) is 2.51. The monoisotopic (exact) mass is 286 g/mol. The molecule has 0 aromatic heterocycles. The zero-order chi connectivity index (χ0) is 15.0. The number of hydrogen-bond donors (Lipinski definition) is 2. The van der Waals surface area contributed by atoms with Crippen LogP contribution in [0.5, 0.6) is 0 Å². The summed E-state index contributed by atoms with van der Waals surface area (Å²) in [4.78, 5) is 11.7. The minimum absolute atomic E-state index is 0.0517. The maximum Gasteiger partial charge on any atom is 0.442 e. The minimum Gasteiger partial charge on any atom is -0.287 e. The quantitative estimate of drug-likeness (QED) is 0.835. The molecule has 20 heavy (non-hydrogen) atoms. The van der Waals surface area contributed by atoms with Crippen LogP contribution in [0.25, 0.3) is 0 Å². The molecule has 0 unspecified atom stereocenters. The third kappa shape index (κ3) is 2.64. The summed E-state index contributed by atoms with van der Waals surface area (Å²) in [5.74, 6) is -0.420. The fourth-order valence-electron chi connectivity index (χ4n) is 1.58.